The van der Waals surface area contributed by atoms with Crippen LogP contribution >= 0.6 is 58.0 Å². The summed E-state index contributed by atoms with van der Waals surface area (Å²) in [7, 11) is 0. The monoisotopic (exact) mass is 596 g/mol. The minimum atomic E-state index is -0.720. The second kappa shape index (κ2) is 9.82. The van der Waals surface area contributed by atoms with E-state index in [0.717, 1.165) is 4.90 Å². The van der Waals surface area contributed by atoms with Crippen molar-refractivity contribution in [2.45, 2.75) is 6.42 Å². The van der Waals surface area contributed by atoms with Gasteiger partial charge >= 0.3 is 5.97 Å². The normalized spacial score (nSPS) is 17.0. The van der Waals surface area contributed by atoms with Crippen molar-refractivity contribution < 1.29 is 23.9 Å². The number of hydrogen-bond donors (Lipinski definition) is 0. The van der Waals surface area contributed by atoms with Crippen molar-refractivity contribution in [2.24, 2.45) is 5.92 Å². The molecule has 3 aromatic carbocycles. The van der Waals surface area contributed by atoms with Crippen LogP contribution in [-0.4, -0.2) is 30.2 Å². The van der Waals surface area contributed by atoms with Gasteiger partial charge in [-0.05, 0) is 48.5 Å². The highest BCUT2D eigenvalue weighted by atomic mass is 35.5. The molecule has 1 fully saturated rings. The Morgan fingerprint density at radius 2 is 1.24 bits per heavy atom. The van der Waals surface area contributed by atoms with E-state index in [4.69, 9.17) is 62.7 Å². The molecular weight excluding hydrogens is 586 g/mol. The first kappa shape index (κ1) is 25.8. The van der Waals surface area contributed by atoms with Crippen LogP contribution in [0.4, 0.5) is 11.4 Å². The summed E-state index contributed by atoms with van der Waals surface area (Å²) in [4.78, 5) is 53.6. The van der Waals surface area contributed by atoms with Gasteiger partial charge in [0.2, 0.25) is 5.91 Å². The Labute approximate surface area is 235 Å². The Kier molecular flexibility index (Phi) is 6.85. The quantitative estimate of drug-likeness (QED) is 0.110. The van der Waals surface area contributed by atoms with E-state index in [2.05, 4.69) is 0 Å². The molecule has 0 unspecified atom stereocenters. The molecule has 12 heteroatoms. The van der Waals surface area contributed by atoms with Gasteiger partial charge in [-0.25, -0.2) is 4.90 Å². The lowest BCUT2D eigenvalue weighted by Gasteiger charge is -2.17. The number of carbonyl (C=O) groups excluding carboxylic acids is 4. The molecule has 0 spiro atoms. The van der Waals surface area contributed by atoms with E-state index in [1.807, 2.05) is 0 Å². The highest BCUT2D eigenvalue weighted by Gasteiger charge is 2.42. The maximum absolute atomic E-state index is 13.0. The van der Waals surface area contributed by atoms with Crippen molar-refractivity contribution in [2.75, 3.05) is 16.3 Å². The summed E-state index contributed by atoms with van der Waals surface area (Å²) in [5.74, 6) is -2.73. The number of benzene rings is 3. The molecule has 0 bridgehead atoms. The first-order valence-corrected chi connectivity index (χ1v) is 12.6. The molecule has 3 aromatic rings. The predicted octanol–water partition coefficient (Wildman–Crippen LogP) is 6.71. The van der Waals surface area contributed by atoms with Gasteiger partial charge < -0.3 is 9.64 Å². The number of esters is 1. The second-order valence-electron chi connectivity index (χ2n) is 8.25. The predicted molar refractivity (Wildman–Crippen MR) is 142 cm³/mol. The Balaban J connectivity index is 1.31. The highest BCUT2D eigenvalue weighted by molar-refractivity contribution is 6.56. The summed E-state index contributed by atoms with van der Waals surface area (Å²) >= 11 is 30.3. The van der Waals surface area contributed by atoms with Crippen molar-refractivity contribution in [1.82, 2.24) is 0 Å². The standard InChI is InChI=1S/C25H13Cl5N2O5/c26-12-1-3-13(4-2-12)31-10-11(9-16(31)33)25(36)37-15-7-5-14(6-8-15)32-23(34)17-18(24(32)35)20(28)22(30)21(29)19(17)27/h1-8,11H,9-10H2/t11-/m0/s1. The molecule has 0 saturated carbocycles. The molecule has 7 nitrogen and oxygen atoms in total. The van der Waals surface area contributed by atoms with Gasteiger partial charge in [0.1, 0.15) is 5.75 Å². The van der Waals surface area contributed by atoms with Gasteiger partial charge in [-0.3, -0.25) is 19.2 Å². The Hall–Kier alpha value is -2.81. The summed E-state index contributed by atoms with van der Waals surface area (Å²) in [5, 5.41) is -0.0584. The van der Waals surface area contributed by atoms with Gasteiger partial charge in [0.05, 0.1) is 42.8 Å². The zero-order chi connectivity index (χ0) is 26.6. The molecule has 1 saturated heterocycles. The van der Waals surface area contributed by atoms with Crippen LogP contribution in [0.25, 0.3) is 0 Å². The van der Waals surface area contributed by atoms with Gasteiger partial charge in [0.15, 0.2) is 0 Å². The molecule has 0 aliphatic carbocycles. The largest absolute Gasteiger partial charge is 0.426 e. The van der Waals surface area contributed by atoms with Gasteiger partial charge in [0, 0.05) is 23.7 Å². The van der Waals surface area contributed by atoms with Gasteiger partial charge in [0.25, 0.3) is 11.8 Å². The van der Waals surface area contributed by atoms with E-state index >= 15 is 0 Å². The van der Waals surface area contributed by atoms with E-state index in [1.54, 1.807) is 24.3 Å². The van der Waals surface area contributed by atoms with E-state index < -0.39 is 23.7 Å². The van der Waals surface area contributed by atoms with Crippen LogP contribution < -0.4 is 14.5 Å². The number of fused-ring (bicyclic) bond motifs is 1. The number of amides is 3. The molecule has 37 heavy (non-hydrogen) atoms. The summed E-state index contributed by atoms with van der Waals surface area (Å²) in [6, 6.07) is 12.4. The molecule has 0 aromatic heterocycles. The third kappa shape index (κ3) is 4.45. The number of nitrogens with zero attached hydrogens (tertiary/aromatic N) is 2. The molecular formula is C25H13Cl5N2O5. The van der Waals surface area contributed by atoms with Gasteiger partial charge in [-0.1, -0.05) is 58.0 Å². The van der Waals surface area contributed by atoms with Crippen LogP contribution in [0.3, 0.4) is 0 Å². The molecule has 188 valence electrons. The van der Waals surface area contributed by atoms with Crippen molar-refractivity contribution in [3.05, 3.63) is 84.8 Å². The number of carbonyl (C=O) groups is 4. The van der Waals surface area contributed by atoms with E-state index in [9.17, 15) is 19.2 Å². The lowest BCUT2D eigenvalue weighted by Crippen LogP contribution is -2.29. The number of imide groups is 1. The second-order valence-corrected chi connectivity index (χ2v) is 10.2. The first-order valence-electron chi connectivity index (χ1n) is 10.7. The molecule has 0 N–H and O–H groups in total. The SMILES string of the molecule is O=C(Oc1ccc(N2C(=O)c3c(Cl)c(Cl)c(Cl)c(Cl)c3C2=O)cc1)[C@H]1CC(=O)N(c2ccc(Cl)cc2)C1. The Bertz CT molecular complexity index is 1440. The van der Waals surface area contributed by atoms with Crippen molar-refractivity contribution in [1.29, 1.82) is 0 Å². The fourth-order valence-electron chi connectivity index (χ4n) is 4.18. The summed E-state index contributed by atoms with van der Waals surface area (Å²) < 4.78 is 5.45. The summed E-state index contributed by atoms with van der Waals surface area (Å²) in [6.45, 7) is 0.166. The van der Waals surface area contributed by atoms with Crippen LogP contribution in [0.1, 0.15) is 27.1 Å². The summed E-state index contributed by atoms with van der Waals surface area (Å²) in [6.07, 6.45) is 0.00121. The minimum absolute atomic E-state index is 0.00121. The first-order chi connectivity index (χ1) is 17.6. The third-order valence-corrected chi connectivity index (χ3v) is 8.07. The van der Waals surface area contributed by atoms with Crippen LogP contribution in [0.2, 0.25) is 25.1 Å². The highest BCUT2D eigenvalue weighted by Crippen LogP contribution is 2.45. The van der Waals surface area contributed by atoms with E-state index in [-0.39, 0.29) is 61.5 Å². The number of ether oxygens (including phenoxy) is 1. The lowest BCUT2D eigenvalue weighted by atomic mass is 10.1. The van der Waals surface area contributed by atoms with E-state index in [1.165, 1.54) is 29.2 Å². The van der Waals surface area contributed by atoms with Crippen molar-refractivity contribution in [3.8, 4) is 5.75 Å². The molecule has 2 aliphatic heterocycles. The average molecular weight is 599 g/mol. The third-order valence-electron chi connectivity index (χ3n) is 6.01. The average Bonchev–Trinajstić information content (AvgIpc) is 3.39. The fraction of sp³-hybridized carbons (Fsp3) is 0.120. The van der Waals surface area contributed by atoms with Crippen molar-refractivity contribution in [3.63, 3.8) is 0 Å². The van der Waals surface area contributed by atoms with Crippen LogP contribution in [-0.2, 0) is 9.59 Å². The van der Waals surface area contributed by atoms with Gasteiger partial charge in [-0.2, -0.15) is 0 Å². The van der Waals surface area contributed by atoms with Gasteiger partial charge in [-0.15, -0.1) is 0 Å². The molecule has 3 amide bonds. The lowest BCUT2D eigenvalue weighted by molar-refractivity contribution is -0.139. The number of halogens is 5. The molecule has 2 heterocycles. The molecule has 1 atom stereocenters. The Morgan fingerprint density at radius 1 is 0.730 bits per heavy atom. The molecule has 0 radical (unpaired) electrons. The Morgan fingerprint density at radius 3 is 1.78 bits per heavy atom. The smallest absolute Gasteiger partial charge is 0.316 e. The molecule has 2 aliphatic rings. The zero-order valence-corrected chi connectivity index (χ0v) is 22.2. The minimum Gasteiger partial charge on any atom is -0.426 e. The number of rotatable bonds is 4. The fourth-order valence-corrected chi connectivity index (χ4v) is 5.32. The van der Waals surface area contributed by atoms with Crippen LogP contribution in [0.15, 0.2) is 48.5 Å². The van der Waals surface area contributed by atoms with Crippen LogP contribution in [0.5, 0.6) is 5.75 Å². The maximum atomic E-state index is 13.0. The topological polar surface area (TPSA) is 84.0 Å². The van der Waals surface area contributed by atoms with E-state index in [0.29, 0.717) is 10.7 Å². The van der Waals surface area contributed by atoms with Crippen LogP contribution in [0, 0.1) is 5.92 Å². The zero-order valence-electron chi connectivity index (χ0n) is 18.4. The van der Waals surface area contributed by atoms with Crippen molar-refractivity contribution >= 4 is 93.1 Å². The maximum Gasteiger partial charge on any atom is 0.316 e. The number of hydrogen-bond acceptors (Lipinski definition) is 5. The molecule has 5 rings (SSSR count). The number of anilines is 2. The summed E-state index contributed by atoms with van der Waals surface area (Å²) in [5.41, 5.74) is 0.545.